The minimum atomic E-state index is -3.37. The molecule has 0 aliphatic carbocycles. The van der Waals surface area contributed by atoms with Crippen molar-refractivity contribution in [1.29, 1.82) is 0 Å². The number of carboxylic acid groups (broad SMARTS) is 1. The summed E-state index contributed by atoms with van der Waals surface area (Å²) in [5.74, 6) is -1.03. The lowest BCUT2D eigenvalue weighted by molar-refractivity contribution is -0.138. The maximum atomic E-state index is 11.6. The average molecular weight is 250 g/mol. The van der Waals surface area contributed by atoms with Crippen LogP contribution in [-0.4, -0.2) is 43.4 Å². The first kappa shape index (κ1) is 13.4. The van der Waals surface area contributed by atoms with Gasteiger partial charge in [-0.25, -0.2) is 4.72 Å². The number of rotatable bonds is 5. The zero-order valence-corrected chi connectivity index (χ0v) is 10.2. The van der Waals surface area contributed by atoms with Crippen LogP contribution in [0.4, 0.5) is 0 Å². The van der Waals surface area contributed by atoms with Gasteiger partial charge in [0.05, 0.1) is 6.42 Å². The Morgan fingerprint density at radius 2 is 2.25 bits per heavy atom. The normalized spacial score (nSPS) is 25.4. The molecule has 0 spiro atoms. The minimum absolute atomic E-state index is 0.00510. The Hall–Kier alpha value is -0.660. The largest absolute Gasteiger partial charge is 0.481 e. The van der Waals surface area contributed by atoms with Crippen molar-refractivity contribution in [3.63, 3.8) is 0 Å². The van der Waals surface area contributed by atoms with E-state index in [0.29, 0.717) is 13.1 Å². The summed E-state index contributed by atoms with van der Waals surface area (Å²) in [4.78, 5) is 10.6. The van der Waals surface area contributed by atoms with Crippen molar-refractivity contribution in [1.82, 2.24) is 9.03 Å². The molecule has 7 heteroatoms. The molecular weight excluding hydrogens is 232 g/mol. The molecule has 1 heterocycles. The number of carboxylic acids is 1. The maximum Gasteiger partial charge on any atom is 0.303 e. The number of hydrogen-bond donors (Lipinski definition) is 2. The Kier molecular flexibility index (Phi) is 4.69. The molecule has 0 aromatic heterocycles. The third-order valence-corrected chi connectivity index (χ3v) is 4.12. The molecule has 0 radical (unpaired) electrons. The highest BCUT2D eigenvalue weighted by atomic mass is 32.2. The number of carbonyl (C=O) groups is 1. The lowest BCUT2D eigenvalue weighted by Crippen LogP contribution is -2.51. The van der Waals surface area contributed by atoms with Gasteiger partial charge in [-0.05, 0) is 12.3 Å². The Labute approximate surface area is 95.8 Å². The van der Waals surface area contributed by atoms with E-state index in [9.17, 15) is 13.2 Å². The number of aliphatic carboxylic acids is 1. The Bertz CT molecular complexity index is 341. The van der Waals surface area contributed by atoms with Crippen LogP contribution in [-0.2, 0) is 15.0 Å². The number of hydrogen-bond acceptors (Lipinski definition) is 3. The van der Waals surface area contributed by atoms with Gasteiger partial charge >= 0.3 is 5.97 Å². The fourth-order valence-electron chi connectivity index (χ4n) is 1.69. The molecule has 1 atom stereocenters. The molecule has 0 amide bonds. The Balaban J connectivity index is 2.59. The molecule has 0 aromatic rings. The fourth-order valence-corrected chi connectivity index (χ4v) is 3.10. The minimum Gasteiger partial charge on any atom is -0.481 e. The lowest BCUT2D eigenvalue weighted by Gasteiger charge is -2.31. The average Bonchev–Trinajstić information content (AvgIpc) is 2.18. The highest BCUT2D eigenvalue weighted by molar-refractivity contribution is 7.87. The van der Waals surface area contributed by atoms with E-state index in [4.69, 9.17) is 5.11 Å². The van der Waals surface area contributed by atoms with Crippen LogP contribution in [0.2, 0.25) is 0 Å². The first-order valence-corrected chi connectivity index (χ1v) is 6.86. The van der Waals surface area contributed by atoms with Crippen LogP contribution in [0.5, 0.6) is 0 Å². The van der Waals surface area contributed by atoms with Crippen LogP contribution in [0.1, 0.15) is 26.2 Å². The molecule has 1 fully saturated rings. The molecule has 2 N–H and O–H groups in total. The van der Waals surface area contributed by atoms with E-state index in [2.05, 4.69) is 4.72 Å². The summed E-state index contributed by atoms with van der Waals surface area (Å²) in [5, 5.41) is 8.66. The molecule has 6 nitrogen and oxygen atoms in total. The third-order valence-electron chi connectivity index (χ3n) is 2.58. The van der Waals surface area contributed by atoms with E-state index < -0.39 is 16.2 Å². The van der Waals surface area contributed by atoms with Gasteiger partial charge in [0.25, 0.3) is 10.2 Å². The SMILES string of the molecule is CCCCN1CC(CC(=O)O)CNS1(=O)=O. The van der Waals surface area contributed by atoms with Gasteiger partial charge in [0.15, 0.2) is 0 Å². The van der Waals surface area contributed by atoms with E-state index in [1.807, 2.05) is 6.92 Å². The molecule has 0 bridgehead atoms. The van der Waals surface area contributed by atoms with Crippen molar-refractivity contribution in [3.8, 4) is 0 Å². The molecule has 1 aliphatic heterocycles. The second-order valence-electron chi connectivity index (χ2n) is 4.03. The maximum absolute atomic E-state index is 11.6. The zero-order valence-electron chi connectivity index (χ0n) is 9.35. The number of unbranched alkanes of at least 4 members (excludes halogenated alkanes) is 1. The Morgan fingerprint density at radius 3 is 2.81 bits per heavy atom. The van der Waals surface area contributed by atoms with Crippen molar-refractivity contribution >= 4 is 16.2 Å². The summed E-state index contributed by atoms with van der Waals surface area (Å²) in [6, 6.07) is 0. The van der Waals surface area contributed by atoms with Crippen LogP contribution >= 0.6 is 0 Å². The van der Waals surface area contributed by atoms with Crippen LogP contribution in [0.15, 0.2) is 0 Å². The molecule has 1 rings (SSSR count). The fraction of sp³-hybridized carbons (Fsp3) is 0.889. The molecule has 0 aromatic carbocycles. The summed E-state index contributed by atoms with van der Waals surface area (Å²) in [6.07, 6.45) is 1.71. The lowest BCUT2D eigenvalue weighted by atomic mass is 10.1. The van der Waals surface area contributed by atoms with Gasteiger partial charge in [0.1, 0.15) is 0 Å². The van der Waals surface area contributed by atoms with Gasteiger partial charge in [0.2, 0.25) is 0 Å². The summed E-state index contributed by atoms with van der Waals surface area (Å²) in [5.41, 5.74) is 0. The molecule has 1 saturated heterocycles. The molecular formula is C9H18N2O4S. The topological polar surface area (TPSA) is 86.7 Å². The standard InChI is InChI=1S/C9H18N2O4S/c1-2-3-4-11-7-8(5-9(12)13)6-10-16(11,14)15/h8,10H,2-7H2,1H3,(H,12,13). The van der Waals surface area contributed by atoms with E-state index in [1.54, 1.807) is 0 Å². The highest BCUT2D eigenvalue weighted by Crippen LogP contribution is 2.15. The molecule has 1 unspecified atom stereocenters. The summed E-state index contributed by atoms with van der Waals surface area (Å²) in [7, 11) is -3.37. The third kappa shape index (κ3) is 3.73. The van der Waals surface area contributed by atoms with Gasteiger partial charge in [-0.2, -0.15) is 12.7 Å². The van der Waals surface area contributed by atoms with Gasteiger partial charge in [-0.15, -0.1) is 0 Å². The van der Waals surface area contributed by atoms with Gasteiger partial charge in [0, 0.05) is 19.6 Å². The first-order chi connectivity index (χ1) is 7.45. The second-order valence-corrected chi connectivity index (χ2v) is 5.78. The zero-order chi connectivity index (χ0) is 12.2. The monoisotopic (exact) mass is 250 g/mol. The summed E-state index contributed by atoms with van der Waals surface area (Å²) >= 11 is 0. The van der Waals surface area contributed by atoms with E-state index >= 15 is 0 Å². The smallest absolute Gasteiger partial charge is 0.303 e. The second kappa shape index (κ2) is 5.60. The quantitative estimate of drug-likeness (QED) is 0.720. The van der Waals surface area contributed by atoms with E-state index in [1.165, 1.54) is 4.31 Å². The van der Waals surface area contributed by atoms with Gasteiger partial charge in [-0.1, -0.05) is 13.3 Å². The van der Waals surface area contributed by atoms with Crippen molar-refractivity contribution < 1.29 is 18.3 Å². The molecule has 1 aliphatic rings. The van der Waals surface area contributed by atoms with Crippen molar-refractivity contribution in [2.45, 2.75) is 26.2 Å². The predicted octanol–water partition coefficient (Wildman–Crippen LogP) is 0.0274. The van der Waals surface area contributed by atoms with Crippen molar-refractivity contribution in [3.05, 3.63) is 0 Å². The first-order valence-electron chi connectivity index (χ1n) is 5.42. The number of nitrogens with zero attached hydrogens (tertiary/aromatic N) is 1. The van der Waals surface area contributed by atoms with E-state index in [0.717, 1.165) is 12.8 Å². The van der Waals surface area contributed by atoms with Gasteiger partial charge < -0.3 is 5.11 Å². The molecule has 16 heavy (non-hydrogen) atoms. The summed E-state index contributed by atoms with van der Waals surface area (Å²) < 4.78 is 26.9. The van der Waals surface area contributed by atoms with E-state index in [-0.39, 0.29) is 18.9 Å². The Morgan fingerprint density at radius 1 is 1.56 bits per heavy atom. The van der Waals surface area contributed by atoms with Crippen LogP contribution in [0.3, 0.4) is 0 Å². The molecule has 0 saturated carbocycles. The van der Waals surface area contributed by atoms with Gasteiger partial charge in [-0.3, -0.25) is 4.79 Å². The van der Waals surface area contributed by atoms with Crippen LogP contribution < -0.4 is 4.72 Å². The highest BCUT2D eigenvalue weighted by Gasteiger charge is 2.31. The number of nitrogens with one attached hydrogen (secondary N) is 1. The van der Waals surface area contributed by atoms with Crippen LogP contribution in [0.25, 0.3) is 0 Å². The van der Waals surface area contributed by atoms with Crippen LogP contribution in [0, 0.1) is 5.92 Å². The predicted molar refractivity (Wildman–Crippen MR) is 59.1 cm³/mol. The molecule has 94 valence electrons. The summed E-state index contributed by atoms with van der Waals surface area (Å²) in [6.45, 7) is 2.97. The van der Waals surface area contributed by atoms with Crippen molar-refractivity contribution in [2.75, 3.05) is 19.6 Å². The van der Waals surface area contributed by atoms with Crippen molar-refractivity contribution in [2.24, 2.45) is 5.92 Å².